The predicted octanol–water partition coefficient (Wildman–Crippen LogP) is 2.59. The van der Waals surface area contributed by atoms with Crippen molar-refractivity contribution in [3.63, 3.8) is 0 Å². The van der Waals surface area contributed by atoms with Crippen LogP contribution in [0.3, 0.4) is 0 Å². The van der Waals surface area contributed by atoms with E-state index in [1.54, 1.807) is 25.1 Å². The topological polar surface area (TPSA) is 67.6 Å². The fourth-order valence-electron chi connectivity index (χ4n) is 2.12. The number of esters is 1. The Kier molecular flexibility index (Phi) is 7.61. The Hall–Kier alpha value is -1.75. The third-order valence-electron chi connectivity index (χ3n) is 3.43. The first-order valence-corrected chi connectivity index (χ1v) is 7.65. The van der Waals surface area contributed by atoms with E-state index < -0.39 is 0 Å². The van der Waals surface area contributed by atoms with Crippen LogP contribution in [0.25, 0.3) is 0 Å². The van der Waals surface area contributed by atoms with Crippen LogP contribution >= 0.6 is 0 Å². The number of nitrogens with zero attached hydrogens (tertiary/aromatic N) is 1. The molecule has 0 aliphatic carbocycles. The zero-order valence-corrected chi connectivity index (χ0v) is 13.3. The van der Waals surface area contributed by atoms with Crippen molar-refractivity contribution in [2.75, 3.05) is 43.8 Å². The van der Waals surface area contributed by atoms with E-state index in [2.05, 4.69) is 24.1 Å². The van der Waals surface area contributed by atoms with E-state index in [9.17, 15) is 4.79 Å². The van der Waals surface area contributed by atoms with Crippen molar-refractivity contribution in [3.05, 3.63) is 23.8 Å². The molecule has 5 nitrogen and oxygen atoms in total. The van der Waals surface area contributed by atoms with Gasteiger partial charge in [-0.3, -0.25) is 0 Å². The van der Waals surface area contributed by atoms with Crippen LogP contribution in [0.5, 0.6) is 0 Å². The monoisotopic (exact) mass is 293 g/mol. The summed E-state index contributed by atoms with van der Waals surface area (Å²) in [7, 11) is 0. The van der Waals surface area contributed by atoms with Gasteiger partial charge in [0.2, 0.25) is 0 Å². The van der Waals surface area contributed by atoms with Gasteiger partial charge >= 0.3 is 5.97 Å². The summed E-state index contributed by atoms with van der Waals surface area (Å²) in [5.74, 6) is -0.316. The van der Waals surface area contributed by atoms with E-state index >= 15 is 0 Å². The minimum absolute atomic E-state index is 0.316. The molecule has 1 aromatic carbocycles. The molecule has 1 rings (SSSR count). The van der Waals surface area contributed by atoms with Crippen molar-refractivity contribution in [1.82, 2.24) is 4.90 Å². The normalized spacial score (nSPS) is 10.7. The van der Waals surface area contributed by atoms with Gasteiger partial charge in [-0.05, 0) is 51.2 Å². The van der Waals surface area contributed by atoms with Crippen LogP contribution < -0.4 is 11.1 Å². The summed E-state index contributed by atoms with van der Waals surface area (Å²) in [6.45, 7) is 10.5. The highest BCUT2D eigenvalue weighted by Gasteiger charge is 2.09. The first-order chi connectivity index (χ1) is 10.1. The molecule has 1 aromatic rings. The highest BCUT2D eigenvalue weighted by atomic mass is 16.5. The number of carbonyl (C=O) groups excluding carboxylic acids is 1. The van der Waals surface area contributed by atoms with Gasteiger partial charge in [0.05, 0.1) is 23.5 Å². The van der Waals surface area contributed by atoms with Crippen molar-refractivity contribution in [3.8, 4) is 0 Å². The molecule has 0 atom stereocenters. The molecule has 0 fully saturated rings. The summed E-state index contributed by atoms with van der Waals surface area (Å²) >= 11 is 0. The number of benzene rings is 1. The zero-order chi connectivity index (χ0) is 15.7. The maximum atomic E-state index is 11.7. The average Bonchev–Trinajstić information content (AvgIpc) is 2.49. The average molecular weight is 293 g/mol. The predicted molar refractivity (Wildman–Crippen MR) is 87.7 cm³/mol. The van der Waals surface area contributed by atoms with Gasteiger partial charge in [-0.15, -0.1) is 0 Å². The summed E-state index contributed by atoms with van der Waals surface area (Å²) in [4.78, 5) is 14.1. The number of hydrogen-bond acceptors (Lipinski definition) is 5. The van der Waals surface area contributed by atoms with Crippen LogP contribution in [0.4, 0.5) is 11.4 Å². The molecular formula is C16H27N3O2. The van der Waals surface area contributed by atoms with E-state index in [4.69, 9.17) is 10.5 Å². The van der Waals surface area contributed by atoms with Crippen molar-refractivity contribution < 1.29 is 9.53 Å². The minimum Gasteiger partial charge on any atom is -0.462 e. The van der Waals surface area contributed by atoms with E-state index in [0.29, 0.717) is 17.9 Å². The third-order valence-corrected chi connectivity index (χ3v) is 3.43. The summed E-state index contributed by atoms with van der Waals surface area (Å²) in [6.07, 6.45) is 1.03. The van der Waals surface area contributed by atoms with Crippen molar-refractivity contribution in [2.24, 2.45) is 0 Å². The summed E-state index contributed by atoms with van der Waals surface area (Å²) in [5.41, 5.74) is 7.89. The van der Waals surface area contributed by atoms with E-state index in [-0.39, 0.29) is 5.97 Å². The smallest absolute Gasteiger partial charge is 0.338 e. The Morgan fingerprint density at radius 2 is 2.00 bits per heavy atom. The maximum absolute atomic E-state index is 11.7. The quantitative estimate of drug-likeness (QED) is 0.416. The number of carbonyl (C=O) groups is 1. The van der Waals surface area contributed by atoms with Gasteiger partial charge in [-0.1, -0.05) is 13.8 Å². The highest BCUT2D eigenvalue weighted by molar-refractivity contribution is 5.92. The van der Waals surface area contributed by atoms with Crippen molar-refractivity contribution in [2.45, 2.75) is 27.2 Å². The van der Waals surface area contributed by atoms with Crippen molar-refractivity contribution in [1.29, 1.82) is 0 Å². The van der Waals surface area contributed by atoms with E-state index in [0.717, 1.165) is 38.3 Å². The van der Waals surface area contributed by atoms with Crippen LogP contribution in [0, 0.1) is 0 Å². The molecule has 0 spiro atoms. The van der Waals surface area contributed by atoms with Gasteiger partial charge in [-0.25, -0.2) is 4.79 Å². The number of anilines is 2. The largest absolute Gasteiger partial charge is 0.462 e. The summed E-state index contributed by atoms with van der Waals surface area (Å²) in [5, 5.41) is 3.29. The Balaban J connectivity index is 2.54. The molecule has 0 heterocycles. The minimum atomic E-state index is -0.316. The first kappa shape index (κ1) is 17.3. The van der Waals surface area contributed by atoms with Crippen LogP contribution in [-0.4, -0.2) is 43.7 Å². The van der Waals surface area contributed by atoms with E-state index in [1.807, 2.05) is 0 Å². The molecule has 21 heavy (non-hydrogen) atoms. The number of nitrogens with one attached hydrogen (secondary N) is 1. The Labute approximate surface area is 127 Å². The number of nitrogen functional groups attached to an aromatic ring is 1. The fraction of sp³-hybridized carbons (Fsp3) is 0.562. The SMILES string of the molecule is CCOC(=O)c1ccc(N)c(NCCCN(CC)CC)c1. The third kappa shape index (κ3) is 5.63. The summed E-state index contributed by atoms with van der Waals surface area (Å²) < 4.78 is 4.99. The summed E-state index contributed by atoms with van der Waals surface area (Å²) in [6, 6.07) is 5.18. The second kappa shape index (κ2) is 9.23. The van der Waals surface area contributed by atoms with Crippen molar-refractivity contribution >= 4 is 17.3 Å². The van der Waals surface area contributed by atoms with Crippen LogP contribution in [0.1, 0.15) is 37.6 Å². The number of hydrogen-bond donors (Lipinski definition) is 2. The Morgan fingerprint density at radius 3 is 2.62 bits per heavy atom. The van der Waals surface area contributed by atoms with Crippen LogP contribution in [0.15, 0.2) is 18.2 Å². The molecule has 118 valence electrons. The fourth-order valence-corrected chi connectivity index (χ4v) is 2.12. The maximum Gasteiger partial charge on any atom is 0.338 e. The highest BCUT2D eigenvalue weighted by Crippen LogP contribution is 2.20. The zero-order valence-electron chi connectivity index (χ0n) is 13.3. The lowest BCUT2D eigenvalue weighted by Crippen LogP contribution is -2.25. The van der Waals surface area contributed by atoms with Crippen LogP contribution in [-0.2, 0) is 4.74 Å². The second-order valence-corrected chi connectivity index (χ2v) is 4.83. The van der Waals surface area contributed by atoms with Gasteiger partial charge in [0.1, 0.15) is 0 Å². The molecular weight excluding hydrogens is 266 g/mol. The molecule has 5 heteroatoms. The second-order valence-electron chi connectivity index (χ2n) is 4.83. The van der Waals surface area contributed by atoms with Gasteiger partial charge in [0.15, 0.2) is 0 Å². The number of ether oxygens (including phenoxy) is 1. The Bertz CT molecular complexity index is 445. The lowest BCUT2D eigenvalue weighted by atomic mass is 10.1. The standard InChI is InChI=1S/C16H27N3O2/c1-4-19(5-2)11-7-10-18-15-12-13(8-9-14(15)17)16(20)21-6-3/h8-9,12,18H,4-7,10-11,17H2,1-3H3. The number of rotatable bonds is 9. The molecule has 0 saturated heterocycles. The number of nitrogens with two attached hydrogens (primary N) is 1. The van der Waals surface area contributed by atoms with Gasteiger partial charge < -0.3 is 20.7 Å². The van der Waals surface area contributed by atoms with Gasteiger partial charge in [0.25, 0.3) is 0 Å². The molecule has 0 aromatic heterocycles. The molecule has 0 aliphatic heterocycles. The Morgan fingerprint density at radius 1 is 1.29 bits per heavy atom. The molecule has 0 radical (unpaired) electrons. The van der Waals surface area contributed by atoms with Crippen LogP contribution in [0.2, 0.25) is 0 Å². The molecule has 3 N–H and O–H groups in total. The first-order valence-electron chi connectivity index (χ1n) is 7.65. The lowest BCUT2D eigenvalue weighted by Gasteiger charge is -2.18. The molecule has 0 amide bonds. The van der Waals surface area contributed by atoms with Gasteiger partial charge in [0, 0.05) is 6.54 Å². The van der Waals surface area contributed by atoms with E-state index in [1.165, 1.54) is 0 Å². The molecule has 0 bridgehead atoms. The van der Waals surface area contributed by atoms with Gasteiger partial charge in [-0.2, -0.15) is 0 Å². The molecule has 0 saturated carbocycles. The molecule has 0 unspecified atom stereocenters. The molecule has 0 aliphatic rings. The lowest BCUT2D eigenvalue weighted by molar-refractivity contribution is 0.0526.